The van der Waals surface area contributed by atoms with Crippen LogP contribution in [0.3, 0.4) is 0 Å². The highest BCUT2D eigenvalue weighted by Gasteiger charge is 2.36. The number of nitrogens with two attached hydrogens (primary N) is 1. The van der Waals surface area contributed by atoms with Crippen molar-refractivity contribution in [3.8, 4) is 0 Å². The van der Waals surface area contributed by atoms with Crippen molar-refractivity contribution in [3.63, 3.8) is 0 Å². The van der Waals surface area contributed by atoms with E-state index in [0.717, 1.165) is 23.9 Å². The maximum absolute atomic E-state index is 6.51. The van der Waals surface area contributed by atoms with E-state index in [1.165, 1.54) is 43.4 Å². The third kappa shape index (κ3) is 2.48. The number of halogens is 1. The Balaban J connectivity index is 1.95. The van der Waals surface area contributed by atoms with E-state index in [9.17, 15) is 0 Å². The lowest BCUT2D eigenvalue weighted by molar-refractivity contribution is 0.362. The van der Waals surface area contributed by atoms with Crippen molar-refractivity contribution in [3.05, 3.63) is 28.8 Å². The van der Waals surface area contributed by atoms with Crippen LogP contribution in [0.5, 0.6) is 0 Å². The number of piperidine rings is 1. The summed E-state index contributed by atoms with van der Waals surface area (Å²) in [6.07, 6.45) is 7.73. The molecule has 2 aliphatic rings. The van der Waals surface area contributed by atoms with E-state index in [1.54, 1.807) is 0 Å². The number of benzene rings is 1. The van der Waals surface area contributed by atoms with Crippen molar-refractivity contribution >= 4 is 17.3 Å². The average Bonchev–Trinajstić information content (AvgIpc) is 2.88. The van der Waals surface area contributed by atoms with Crippen LogP contribution in [0.25, 0.3) is 0 Å². The van der Waals surface area contributed by atoms with Gasteiger partial charge in [0.05, 0.1) is 10.7 Å². The minimum absolute atomic E-state index is 0.690. The Bertz CT molecular complexity index is 446. The fourth-order valence-corrected chi connectivity index (χ4v) is 4.27. The molecule has 2 N–H and O–H groups in total. The van der Waals surface area contributed by atoms with E-state index in [1.807, 2.05) is 12.1 Å². The van der Waals surface area contributed by atoms with Gasteiger partial charge in [0.1, 0.15) is 0 Å². The fourth-order valence-electron chi connectivity index (χ4n) is 3.97. The Labute approximate surface area is 120 Å². The number of para-hydroxylation sites is 1. The first-order valence-electron chi connectivity index (χ1n) is 7.55. The maximum atomic E-state index is 6.51. The van der Waals surface area contributed by atoms with Crippen LogP contribution < -0.4 is 10.6 Å². The first-order chi connectivity index (χ1) is 9.31. The average molecular weight is 279 g/mol. The minimum Gasteiger partial charge on any atom is -0.367 e. The molecule has 0 spiro atoms. The topological polar surface area (TPSA) is 29.3 Å². The third-order valence-electron chi connectivity index (χ3n) is 4.76. The van der Waals surface area contributed by atoms with Gasteiger partial charge in [0.25, 0.3) is 0 Å². The summed E-state index contributed by atoms with van der Waals surface area (Å²) >= 11 is 6.51. The molecule has 0 radical (unpaired) electrons. The molecule has 0 amide bonds. The Kier molecular flexibility index (Phi) is 3.99. The van der Waals surface area contributed by atoms with Crippen molar-refractivity contribution in [1.29, 1.82) is 0 Å². The molecule has 1 heterocycles. The molecule has 3 heteroatoms. The zero-order valence-electron chi connectivity index (χ0n) is 11.4. The highest BCUT2D eigenvalue weighted by Crippen LogP contribution is 2.42. The molecule has 1 aliphatic heterocycles. The van der Waals surface area contributed by atoms with Gasteiger partial charge in [0.15, 0.2) is 0 Å². The lowest BCUT2D eigenvalue weighted by atomic mass is 9.90. The van der Waals surface area contributed by atoms with Gasteiger partial charge in [-0.25, -0.2) is 0 Å². The van der Waals surface area contributed by atoms with Crippen LogP contribution in [0.2, 0.25) is 5.02 Å². The van der Waals surface area contributed by atoms with Crippen LogP contribution in [0.1, 0.15) is 37.7 Å². The molecule has 2 nitrogen and oxygen atoms in total. The summed E-state index contributed by atoms with van der Waals surface area (Å²) in [6.45, 7) is 1.84. The molecular formula is C16H23ClN2. The van der Waals surface area contributed by atoms with Gasteiger partial charge in [-0.3, -0.25) is 0 Å². The van der Waals surface area contributed by atoms with Crippen molar-refractivity contribution < 1.29 is 0 Å². The predicted molar refractivity (Wildman–Crippen MR) is 81.9 cm³/mol. The second kappa shape index (κ2) is 5.72. The summed E-state index contributed by atoms with van der Waals surface area (Å²) in [5.74, 6) is 0.885. The number of hydrogen-bond donors (Lipinski definition) is 1. The second-order valence-corrected chi connectivity index (χ2v) is 6.29. The molecule has 2 atom stereocenters. The molecule has 0 bridgehead atoms. The molecule has 1 aromatic rings. The van der Waals surface area contributed by atoms with Crippen molar-refractivity contribution in [2.24, 2.45) is 11.7 Å². The van der Waals surface area contributed by atoms with Gasteiger partial charge in [-0.05, 0) is 56.2 Å². The molecule has 2 fully saturated rings. The summed E-state index contributed by atoms with van der Waals surface area (Å²) in [7, 11) is 0. The first kappa shape index (κ1) is 13.3. The van der Waals surface area contributed by atoms with Crippen LogP contribution in [-0.4, -0.2) is 19.1 Å². The normalized spacial score (nSPS) is 26.5. The largest absolute Gasteiger partial charge is 0.367 e. The zero-order chi connectivity index (χ0) is 13.2. The van der Waals surface area contributed by atoms with Gasteiger partial charge in [-0.15, -0.1) is 0 Å². The number of rotatable bonds is 3. The number of anilines is 1. The Morgan fingerprint density at radius 3 is 2.89 bits per heavy atom. The molecule has 1 aliphatic carbocycles. The van der Waals surface area contributed by atoms with Crippen molar-refractivity contribution in [1.82, 2.24) is 0 Å². The van der Waals surface area contributed by atoms with E-state index < -0.39 is 0 Å². The van der Waals surface area contributed by atoms with E-state index in [4.69, 9.17) is 17.3 Å². The molecule has 1 saturated carbocycles. The van der Waals surface area contributed by atoms with Gasteiger partial charge in [-0.1, -0.05) is 30.2 Å². The number of fused-ring (bicyclic) bond motifs is 1. The minimum atomic E-state index is 0.690. The van der Waals surface area contributed by atoms with Gasteiger partial charge in [0.2, 0.25) is 0 Å². The number of nitrogens with zero attached hydrogens (tertiary/aromatic N) is 1. The van der Waals surface area contributed by atoms with Crippen LogP contribution in [-0.2, 0) is 6.42 Å². The molecule has 0 aromatic heterocycles. The molecule has 19 heavy (non-hydrogen) atoms. The smallest absolute Gasteiger partial charge is 0.0642 e. The van der Waals surface area contributed by atoms with Crippen molar-refractivity contribution in [2.75, 3.05) is 18.0 Å². The standard InChI is InChI=1S/C16H23ClN2/c17-14-7-1-5-13(9-10-18)16(14)19-11-3-6-12-4-2-8-15(12)19/h1,5,7,12,15H,2-4,6,8-11,18H2. The lowest BCUT2D eigenvalue weighted by Gasteiger charge is -2.41. The summed E-state index contributed by atoms with van der Waals surface area (Å²) in [5.41, 5.74) is 8.35. The Morgan fingerprint density at radius 1 is 1.21 bits per heavy atom. The van der Waals surface area contributed by atoms with Crippen LogP contribution >= 0.6 is 11.6 Å². The van der Waals surface area contributed by atoms with Gasteiger partial charge in [0, 0.05) is 12.6 Å². The molecule has 104 valence electrons. The zero-order valence-corrected chi connectivity index (χ0v) is 12.2. The summed E-state index contributed by atoms with van der Waals surface area (Å²) in [5, 5.41) is 0.901. The second-order valence-electron chi connectivity index (χ2n) is 5.88. The first-order valence-corrected chi connectivity index (χ1v) is 7.93. The number of hydrogen-bond acceptors (Lipinski definition) is 2. The van der Waals surface area contributed by atoms with E-state index in [-0.39, 0.29) is 0 Å². The fraction of sp³-hybridized carbons (Fsp3) is 0.625. The summed E-state index contributed by atoms with van der Waals surface area (Å²) in [4.78, 5) is 2.59. The van der Waals surface area contributed by atoms with E-state index in [0.29, 0.717) is 12.6 Å². The Morgan fingerprint density at radius 2 is 2.05 bits per heavy atom. The molecular weight excluding hydrogens is 256 g/mol. The Hall–Kier alpha value is -0.730. The summed E-state index contributed by atoms with van der Waals surface area (Å²) < 4.78 is 0. The molecule has 3 rings (SSSR count). The van der Waals surface area contributed by atoms with Crippen LogP contribution in [0, 0.1) is 5.92 Å². The molecule has 1 aromatic carbocycles. The quantitative estimate of drug-likeness (QED) is 0.915. The third-order valence-corrected chi connectivity index (χ3v) is 5.07. The van der Waals surface area contributed by atoms with Crippen LogP contribution in [0.4, 0.5) is 5.69 Å². The van der Waals surface area contributed by atoms with E-state index >= 15 is 0 Å². The highest BCUT2D eigenvalue weighted by atomic mass is 35.5. The van der Waals surface area contributed by atoms with E-state index in [2.05, 4.69) is 11.0 Å². The maximum Gasteiger partial charge on any atom is 0.0642 e. The van der Waals surface area contributed by atoms with Gasteiger partial charge >= 0.3 is 0 Å². The SMILES string of the molecule is NCCc1cccc(Cl)c1N1CCCC2CCCC21. The van der Waals surface area contributed by atoms with Crippen molar-refractivity contribution in [2.45, 2.75) is 44.6 Å². The molecule has 1 saturated heterocycles. The molecule has 2 unspecified atom stereocenters. The van der Waals surface area contributed by atoms with Crippen LogP contribution in [0.15, 0.2) is 18.2 Å². The van der Waals surface area contributed by atoms with Gasteiger partial charge < -0.3 is 10.6 Å². The predicted octanol–water partition coefficient (Wildman–Crippen LogP) is 3.61. The monoisotopic (exact) mass is 278 g/mol. The lowest BCUT2D eigenvalue weighted by Crippen LogP contribution is -2.43. The highest BCUT2D eigenvalue weighted by molar-refractivity contribution is 6.33. The van der Waals surface area contributed by atoms with Gasteiger partial charge in [-0.2, -0.15) is 0 Å². The summed E-state index contributed by atoms with van der Waals surface area (Å²) in [6, 6.07) is 6.97.